The zero-order valence-corrected chi connectivity index (χ0v) is 7.78. The molecule has 0 bridgehead atoms. The van der Waals surface area contributed by atoms with Gasteiger partial charge in [0.25, 0.3) is 0 Å². The van der Waals surface area contributed by atoms with Gasteiger partial charge in [0, 0.05) is 0 Å². The summed E-state index contributed by atoms with van der Waals surface area (Å²) in [5, 5.41) is 0. The molecule has 60 valence electrons. The van der Waals surface area contributed by atoms with E-state index in [1.165, 1.54) is 19.3 Å². The van der Waals surface area contributed by atoms with Gasteiger partial charge in [0.1, 0.15) is 0 Å². The molecule has 0 spiro atoms. The molecular weight excluding hydrogens is 120 g/mol. The summed E-state index contributed by atoms with van der Waals surface area (Å²) in [6.07, 6.45) is 4.38. The minimum Gasteiger partial charge on any atom is -0.0622 e. The third kappa shape index (κ3) is 1.53. The molecule has 0 heterocycles. The molecule has 1 fully saturated rings. The van der Waals surface area contributed by atoms with Gasteiger partial charge in [-0.3, -0.25) is 0 Å². The number of hydrogen-bond donors (Lipinski definition) is 0. The first kappa shape index (κ1) is 8.10. The van der Waals surface area contributed by atoms with Crippen LogP contribution in [-0.4, -0.2) is 0 Å². The Labute approximate surface area is 65.0 Å². The maximum absolute atomic E-state index is 2.41. The lowest BCUT2D eigenvalue weighted by molar-refractivity contribution is 0.196. The van der Waals surface area contributed by atoms with Crippen LogP contribution in [0.5, 0.6) is 0 Å². The van der Waals surface area contributed by atoms with E-state index in [0.717, 1.165) is 11.8 Å². The minimum absolute atomic E-state index is 0.552. The lowest BCUT2D eigenvalue weighted by Gasteiger charge is -2.30. The molecule has 2 atom stereocenters. The van der Waals surface area contributed by atoms with E-state index in [1.54, 1.807) is 0 Å². The van der Waals surface area contributed by atoms with Gasteiger partial charge in [0.15, 0.2) is 0 Å². The van der Waals surface area contributed by atoms with E-state index >= 15 is 0 Å². The van der Waals surface area contributed by atoms with Crippen molar-refractivity contribution in [3.63, 3.8) is 0 Å². The van der Waals surface area contributed by atoms with Gasteiger partial charge < -0.3 is 0 Å². The van der Waals surface area contributed by atoms with Crippen molar-refractivity contribution in [3.8, 4) is 0 Å². The predicted molar refractivity (Wildman–Crippen MR) is 46.0 cm³/mol. The van der Waals surface area contributed by atoms with Crippen LogP contribution < -0.4 is 0 Å². The minimum atomic E-state index is 0.552. The van der Waals surface area contributed by atoms with Crippen molar-refractivity contribution < 1.29 is 0 Å². The summed E-state index contributed by atoms with van der Waals surface area (Å²) in [6.45, 7) is 9.53. The first-order chi connectivity index (χ1) is 4.52. The monoisotopic (exact) mass is 140 g/mol. The fraction of sp³-hybridized carbons (Fsp3) is 1.00. The maximum Gasteiger partial charge on any atom is -0.0340 e. The van der Waals surface area contributed by atoms with Crippen molar-refractivity contribution in [2.24, 2.45) is 17.3 Å². The molecule has 0 aromatic heterocycles. The Hall–Kier alpha value is 0. The Morgan fingerprint density at radius 3 is 1.90 bits per heavy atom. The van der Waals surface area contributed by atoms with Crippen molar-refractivity contribution in [1.29, 1.82) is 0 Å². The van der Waals surface area contributed by atoms with Gasteiger partial charge in [-0.25, -0.2) is 0 Å². The van der Waals surface area contributed by atoms with E-state index in [-0.39, 0.29) is 0 Å². The van der Waals surface area contributed by atoms with Crippen LogP contribution in [0.1, 0.15) is 47.0 Å². The van der Waals surface area contributed by atoms with Crippen LogP contribution in [0.4, 0.5) is 0 Å². The molecule has 10 heavy (non-hydrogen) atoms. The summed E-state index contributed by atoms with van der Waals surface area (Å²) in [6, 6.07) is 0. The SMILES string of the molecule is C[C@H]1CCC[C@@H]1C(C)(C)C. The Kier molecular flexibility index (Phi) is 2.07. The highest BCUT2D eigenvalue weighted by molar-refractivity contribution is 4.83. The molecule has 0 N–H and O–H groups in total. The van der Waals surface area contributed by atoms with Gasteiger partial charge in [-0.15, -0.1) is 0 Å². The molecule has 0 amide bonds. The van der Waals surface area contributed by atoms with Crippen molar-refractivity contribution in [3.05, 3.63) is 0 Å². The fourth-order valence-electron chi connectivity index (χ4n) is 2.43. The Bertz CT molecular complexity index is 108. The molecule has 0 radical (unpaired) electrons. The van der Waals surface area contributed by atoms with Crippen LogP contribution in [0.15, 0.2) is 0 Å². The zero-order chi connectivity index (χ0) is 7.78. The quantitative estimate of drug-likeness (QED) is 0.483. The van der Waals surface area contributed by atoms with E-state index in [4.69, 9.17) is 0 Å². The summed E-state index contributed by atoms with van der Waals surface area (Å²) in [7, 11) is 0. The molecule has 1 rings (SSSR count). The summed E-state index contributed by atoms with van der Waals surface area (Å²) in [4.78, 5) is 0. The largest absolute Gasteiger partial charge is 0.0622 e. The third-order valence-electron chi connectivity index (χ3n) is 2.97. The van der Waals surface area contributed by atoms with Crippen molar-refractivity contribution in [2.75, 3.05) is 0 Å². The molecular formula is C10H20. The fourth-order valence-corrected chi connectivity index (χ4v) is 2.43. The smallest absolute Gasteiger partial charge is 0.0340 e. The van der Waals surface area contributed by atoms with Gasteiger partial charge in [0.05, 0.1) is 0 Å². The molecule has 0 nitrogen and oxygen atoms in total. The second-order valence-electron chi connectivity index (χ2n) is 4.88. The van der Waals surface area contributed by atoms with Crippen LogP contribution in [0, 0.1) is 17.3 Å². The molecule has 1 aliphatic carbocycles. The maximum atomic E-state index is 2.41. The Morgan fingerprint density at radius 1 is 1.10 bits per heavy atom. The lowest BCUT2D eigenvalue weighted by Crippen LogP contribution is -2.22. The van der Waals surface area contributed by atoms with Crippen LogP contribution in [0.2, 0.25) is 0 Å². The van der Waals surface area contributed by atoms with E-state index < -0.39 is 0 Å². The van der Waals surface area contributed by atoms with E-state index in [2.05, 4.69) is 27.7 Å². The zero-order valence-electron chi connectivity index (χ0n) is 7.78. The second-order valence-corrected chi connectivity index (χ2v) is 4.88. The number of rotatable bonds is 0. The first-order valence-corrected chi connectivity index (χ1v) is 4.52. The molecule has 0 aliphatic heterocycles. The Morgan fingerprint density at radius 2 is 1.70 bits per heavy atom. The van der Waals surface area contributed by atoms with E-state index in [0.29, 0.717) is 5.41 Å². The van der Waals surface area contributed by atoms with Crippen LogP contribution in [0.3, 0.4) is 0 Å². The third-order valence-corrected chi connectivity index (χ3v) is 2.97. The normalized spacial score (nSPS) is 34.8. The summed E-state index contributed by atoms with van der Waals surface area (Å²) in [5.41, 5.74) is 0.552. The standard InChI is InChI=1S/C10H20/c1-8-6-5-7-9(8)10(2,3)4/h8-9H,5-7H2,1-4H3/t8-,9-/m0/s1. The summed E-state index contributed by atoms with van der Waals surface area (Å²) in [5.74, 6) is 1.95. The average Bonchev–Trinajstić information content (AvgIpc) is 2.11. The molecule has 1 saturated carbocycles. The van der Waals surface area contributed by atoms with E-state index in [1.807, 2.05) is 0 Å². The molecule has 0 unspecified atom stereocenters. The predicted octanol–water partition coefficient (Wildman–Crippen LogP) is 3.47. The van der Waals surface area contributed by atoms with Crippen LogP contribution in [-0.2, 0) is 0 Å². The summed E-state index contributed by atoms with van der Waals surface area (Å²) >= 11 is 0. The molecule has 0 heteroatoms. The van der Waals surface area contributed by atoms with Gasteiger partial charge in [0.2, 0.25) is 0 Å². The highest BCUT2D eigenvalue weighted by atomic mass is 14.4. The van der Waals surface area contributed by atoms with Gasteiger partial charge in [-0.2, -0.15) is 0 Å². The molecule has 0 aromatic rings. The molecule has 0 saturated heterocycles. The topological polar surface area (TPSA) is 0 Å². The van der Waals surface area contributed by atoms with Crippen LogP contribution in [0.25, 0.3) is 0 Å². The van der Waals surface area contributed by atoms with Crippen molar-refractivity contribution in [2.45, 2.75) is 47.0 Å². The van der Waals surface area contributed by atoms with E-state index in [9.17, 15) is 0 Å². The van der Waals surface area contributed by atoms with Gasteiger partial charge >= 0.3 is 0 Å². The number of hydrogen-bond acceptors (Lipinski definition) is 0. The molecule has 0 aromatic carbocycles. The van der Waals surface area contributed by atoms with Crippen LogP contribution >= 0.6 is 0 Å². The van der Waals surface area contributed by atoms with Crippen molar-refractivity contribution in [1.82, 2.24) is 0 Å². The highest BCUT2D eigenvalue weighted by Gasteiger charge is 2.32. The summed E-state index contributed by atoms with van der Waals surface area (Å²) < 4.78 is 0. The lowest BCUT2D eigenvalue weighted by atomic mass is 9.75. The molecule has 1 aliphatic rings. The van der Waals surface area contributed by atoms with Gasteiger partial charge in [-0.05, 0) is 23.7 Å². The average molecular weight is 140 g/mol. The highest BCUT2D eigenvalue weighted by Crippen LogP contribution is 2.42. The van der Waals surface area contributed by atoms with Crippen molar-refractivity contribution >= 4 is 0 Å². The van der Waals surface area contributed by atoms with Gasteiger partial charge in [-0.1, -0.05) is 40.5 Å². The first-order valence-electron chi connectivity index (χ1n) is 4.52. The Balaban J connectivity index is 2.55. The second kappa shape index (κ2) is 2.56.